The monoisotopic (exact) mass is 287 g/mol. The van der Waals surface area contributed by atoms with Crippen LogP contribution in [0.5, 0.6) is 0 Å². The number of hydrogen-bond donors (Lipinski definition) is 1. The van der Waals surface area contributed by atoms with Crippen LogP contribution in [0.4, 0.5) is 13.2 Å². The summed E-state index contributed by atoms with van der Waals surface area (Å²) in [5, 5.41) is 3.28. The Morgan fingerprint density at radius 1 is 1.25 bits per heavy atom. The number of aryl methyl sites for hydroxylation is 1. The molecule has 3 unspecified atom stereocenters. The number of rotatable bonds is 3. The summed E-state index contributed by atoms with van der Waals surface area (Å²) in [6.07, 6.45) is 0.968. The molecule has 3 atom stereocenters. The molecule has 1 aliphatic rings. The van der Waals surface area contributed by atoms with E-state index in [-0.39, 0.29) is 24.9 Å². The van der Waals surface area contributed by atoms with Crippen LogP contribution in [0.25, 0.3) is 0 Å². The molecule has 1 aromatic rings. The molecule has 1 N–H and O–H groups in total. The van der Waals surface area contributed by atoms with E-state index in [1.807, 2.05) is 13.8 Å². The van der Waals surface area contributed by atoms with Gasteiger partial charge in [0.2, 0.25) is 0 Å². The van der Waals surface area contributed by atoms with E-state index < -0.39 is 12.1 Å². The van der Waals surface area contributed by atoms with Crippen LogP contribution in [0, 0.1) is 12.8 Å². The molecule has 1 aromatic heterocycles. The van der Waals surface area contributed by atoms with Crippen LogP contribution in [0.1, 0.15) is 50.0 Å². The Kier molecular flexibility index (Phi) is 4.62. The highest BCUT2D eigenvalue weighted by Crippen LogP contribution is 2.38. The number of nitrogens with zero attached hydrogens (tertiary/aromatic N) is 2. The predicted molar refractivity (Wildman–Crippen MR) is 70.1 cm³/mol. The SMILES string of the molecule is Cc1nccnc1C(C)NC1CCCC(C(F)(F)F)C1. The summed E-state index contributed by atoms with van der Waals surface area (Å²) in [4.78, 5) is 8.43. The fourth-order valence-corrected chi connectivity index (χ4v) is 2.91. The van der Waals surface area contributed by atoms with Crippen LogP contribution in [0.3, 0.4) is 0 Å². The summed E-state index contributed by atoms with van der Waals surface area (Å²) in [7, 11) is 0. The molecule has 0 saturated heterocycles. The van der Waals surface area contributed by atoms with E-state index in [0.717, 1.165) is 17.8 Å². The Morgan fingerprint density at radius 3 is 2.60 bits per heavy atom. The normalized spacial score (nSPS) is 25.4. The van der Waals surface area contributed by atoms with Gasteiger partial charge in [-0.1, -0.05) is 6.42 Å². The molecule has 0 spiro atoms. The van der Waals surface area contributed by atoms with Gasteiger partial charge in [-0.05, 0) is 33.1 Å². The molecule has 0 bridgehead atoms. The average Bonchev–Trinajstić information content (AvgIpc) is 2.38. The van der Waals surface area contributed by atoms with Crippen molar-refractivity contribution < 1.29 is 13.2 Å². The quantitative estimate of drug-likeness (QED) is 0.923. The molecule has 0 radical (unpaired) electrons. The van der Waals surface area contributed by atoms with Crippen LogP contribution in [-0.2, 0) is 0 Å². The highest BCUT2D eigenvalue weighted by atomic mass is 19.4. The van der Waals surface area contributed by atoms with Crippen LogP contribution in [-0.4, -0.2) is 22.2 Å². The second-order valence-corrected chi connectivity index (χ2v) is 5.52. The molecular weight excluding hydrogens is 267 g/mol. The highest BCUT2D eigenvalue weighted by molar-refractivity contribution is 5.12. The molecule has 20 heavy (non-hydrogen) atoms. The molecule has 0 aromatic carbocycles. The molecule has 1 fully saturated rings. The molecule has 0 aliphatic heterocycles. The van der Waals surface area contributed by atoms with Gasteiger partial charge >= 0.3 is 6.18 Å². The van der Waals surface area contributed by atoms with Crippen molar-refractivity contribution in [3.8, 4) is 0 Å². The third kappa shape index (κ3) is 3.69. The maximum Gasteiger partial charge on any atom is 0.391 e. The number of alkyl halides is 3. The highest BCUT2D eigenvalue weighted by Gasteiger charge is 2.42. The Hall–Kier alpha value is -1.17. The van der Waals surface area contributed by atoms with Gasteiger partial charge in [-0.3, -0.25) is 9.97 Å². The molecule has 0 amide bonds. The number of nitrogens with one attached hydrogen (secondary N) is 1. The topological polar surface area (TPSA) is 37.8 Å². The summed E-state index contributed by atoms with van der Waals surface area (Å²) in [6, 6.07) is -0.188. The van der Waals surface area contributed by atoms with Crippen molar-refractivity contribution in [1.82, 2.24) is 15.3 Å². The first-order valence-corrected chi connectivity index (χ1v) is 6.98. The fourth-order valence-electron chi connectivity index (χ4n) is 2.91. The lowest BCUT2D eigenvalue weighted by Crippen LogP contribution is -2.40. The van der Waals surface area contributed by atoms with Crippen LogP contribution >= 0.6 is 0 Å². The van der Waals surface area contributed by atoms with Gasteiger partial charge in [-0.2, -0.15) is 13.2 Å². The summed E-state index contributed by atoms with van der Waals surface area (Å²) in [5.74, 6) is -1.18. The zero-order valence-electron chi connectivity index (χ0n) is 11.7. The summed E-state index contributed by atoms with van der Waals surface area (Å²) in [5.41, 5.74) is 1.62. The fraction of sp³-hybridized carbons (Fsp3) is 0.714. The summed E-state index contributed by atoms with van der Waals surface area (Å²) < 4.78 is 38.4. The second-order valence-electron chi connectivity index (χ2n) is 5.52. The first kappa shape index (κ1) is 15.2. The Bertz CT molecular complexity index is 448. The van der Waals surface area contributed by atoms with Crippen molar-refractivity contribution in [1.29, 1.82) is 0 Å². The largest absolute Gasteiger partial charge is 0.391 e. The molecule has 6 heteroatoms. The third-order valence-electron chi connectivity index (χ3n) is 3.95. The zero-order valence-corrected chi connectivity index (χ0v) is 11.7. The van der Waals surface area contributed by atoms with Gasteiger partial charge in [-0.15, -0.1) is 0 Å². The predicted octanol–water partition coefficient (Wildman–Crippen LogP) is 3.56. The van der Waals surface area contributed by atoms with Crippen molar-refractivity contribution in [3.63, 3.8) is 0 Å². The van der Waals surface area contributed by atoms with E-state index in [4.69, 9.17) is 0 Å². The standard InChI is InChI=1S/C14H20F3N3/c1-9-13(19-7-6-18-9)10(2)20-12-5-3-4-11(8-12)14(15,16)17/h6-7,10-12,20H,3-5,8H2,1-2H3. The molecule has 2 rings (SSSR count). The lowest BCUT2D eigenvalue weighted by atomic mass is 9.85. The number of hydrogen-bond acceptors (Lipinski definition) is 3. The molecule has 3 nitrogen and oxygen atoms in total. The van der Waals surface area contributed by atoms with Gasteiger partial charge < -0.3 is 5.32 Å². The number of halogens is 3. The minimum Gasteiger partial charge on any atom is -0.306 e. The maximum atomic E-state index is 12.8. The van der Waals surface area contributed by atoms with Crippen molar-refractivity contribution in [2.24, 2.45) is 5.92 Å². The molecular formula is C14H20F3N3. The van der Waals surface area contributed by atoms with E-state index in [0.29, 0.717) is 6.42 Å². The lowest BCUT2D eigenvalue weighted by molar-refractivity contribution is -0.183. The minimum absolute atomic E-state index is 0.0827. The van der Waals surface area contributed by atoms with E-state index in [9.17, 15) is 13.2 Å². The van der Waals surface area contributed by atoms with Gasteiger partial charge in [0.05, 0.1) is 17.3 Å². The summed E-state index contributed by atoms with van der Waals surface area (Å²) in [6.45, 7) is 3.79. The van der Waals surface area contributed by atoms with Crippen LogP contribution < -0.4 is 5.32 Å². The van der Waals surface area contributed by atoms with Crippen molar-refractivity contribution >= 4 is 0 Å². The van der Waals surface area contributed by atoms with Crippen LogP contribution in [0.2, 0.25) is 0 Å². The van der Waals surface area contributed by atoms with E-state index in [1.54, 1.807) is 12.4 Å². The van der Waals surface area contributed by atoms with Gasteiger partial charge in [-0.25, -0.2) is 0 Å². The first-order chi connectivity index (χ1) is 9.38. The molecule has 1 heterocycles. The maximum absolute atomic E-state index is 12.8. The van der Waals surface area contributed by atoms with E-state index in [1.165, 1.54) is 0 Å². The Morgan fingerprint density at radius 2 is 1.95 bits per heavy atom. The first-order valence-electron chi connectivity index (χ1n) is 6.98. The smallest absolute Gasteiger partial charge is 0.306 e. The summed E-state index contributed by atoms with van der Waals surface area (Å²) >= 11 is 0. The van der Waals surface area contributed by atoms with Gasteiger partial charge in [0.1, 0.15) is 0 Å². The van der Waals surface area contributed by atoms with Crippen LogP contribution in [0.15, 0.2) is 12.4 Å². The van der Waals surface area contributed by atoms with E-state index >= 15 is 0 Å². The molecule has 112 valence electrons. The Labute approximate surface area is 117 Å². The van der Waals surface area contributed by atoms with Gasteiger partial charge in [0.25, 0.3) is 0 Å². The van der Waals surface area contributed by atoms with Crippen molar-refractivity contribution in [3.05, 3.63) is 23.8 Å². The Balaban J connectivity index is 1.98. The van der Waals surface area contributed by atoms with Crippen molar-refractivity contribution in [2.45, 2.75) is 57.8 Å². The molecule has 1 saturated carbocycles. The van der Waals surface area contributed by atoms with Gasteiger partial charge in [0, 0.05) is 24.5 Å². The zero-order chi connectivity index (χ0) is 14.8. The minimum atomic E-state index is -4.08. The lowest BCUT2D eigenvalue weighted by Gasteiger charge is -2.32. The molecule has 1 aliphatic carbocycles. The van der Waals surface area contributed by atoms with Crippen molar-refractivity contribution in [2.75, 3.05) is 0 Å². The second kappa shape index (κ2) is 6.08. The number of aromatic nitrogens is 2. The van der Waals surface area contributed by atoms with E-state index in [2.05, 4.69) is 15.3 Å². The van der Waals surface area contributed by atoms with Gasteiger partial charge in [0.15, 0.2) is 0 Å². The third-order valence-corrected chi connectivity index (χ3v) is 3.95. The average molecular weight is 287 g/mol.